The lowest BCUT2D eigenvalue weighted by Crippen LogP contribution is -2.33. The molecule has 0 aromatic heterocycles. The lowest BCUT2D eigenvalue weighted by Gasteiger charge is -2.15. The molecule has 0 atom stereocenters. The van der Waals surface area contributed by atoms with Gasteiger partial charge in [-0.2, -0.15) is 0 Å². The minimum absolute atomic E-state index is 0.406. The number of esters is 1. The molecule has 0 aliphatic heterocycles. The van der Waals surface area contributed by atoms with Gasteiger partial charge in [-0.25, -0.2) is 4.79 Å². The van der Waals surface area contributed by atoms with Crippen LogP contribution in [0.25, 0.3) is 0 Å². The first-order valence-corrected chi connectivity index (χ1v) is 5.94. The standard InChI is InChI=1S/C12H23NO5/c1-12(2,3)10(14)18-11(15)13-6-5-7-17-9-8-16-4/h5-9H2,1-4H3,(H,13,15). The molecule has 0 unspecified atom stereocenters. The Kier molecular flexibility index (Phi) is 8.32. The van der Waals surface area contributed by atoms with E-state index in [1.54, 1.807) is 27.9 Å². The Hall–Kier alpha value is -1.14. The summed E-state index contributed by atoms with van der Waals surface area (Å²) in [7, 11) is 1.60. The number of methoxy groups -OCH3 is 1. The van der Waals surface area contributed by atoms with Crippen LogP contribution >= 0.6 is 0 Å². The number of carbonyl (C=O) groups excluding carboxylic acids is 2. The van der Waals surface area contributed by atoms with Gasteiger partial charge in [0.15, 0.2) is 0 Å². The first kappa shape index (κ1) is 16.9. The summed E-state index contributed by atoms with van der Waals surface area (Å²) in [4.78, 5) is 22.6. The van der Waals surface area contributed by atoms with E-state index in [2.05, 4.69) is 10.1 Å². The summed E-state index contributed by atoms with van der Waals surface area (Å²) in [5, 5.41) is 2.48. The third-order valence-electron chi connectivity index (χ3n) is 1.96. The van der Waals surface area contributed by atoms with Crippen LogP contribution in [0.15, 0.2) is 0 Å². The number of nitrogens with one attached hydrogen (secondary N) is 1. The Morgan fingerprint density at radius 3 is 2.33 bits per heavy atom. The highest BCUT2D eigenvalue weighted by Gasteiger charge is 2.25. The monoisotopic (exact) mass is 261 g/mol. The Bertz CT molecular complexity index is 260. The molecule has 0 saturated carbocycles. The lowest BCUT2D eigenvalue weighted by atomic mass is 9.98. The van der Waals surface area contributed by atoms with Gasteiger partial charge in [0, 0.05) is 20.3 Å². The van der Waals surface area contributed by atoms with E-state index in [1.165, 1.54) is 0 Å². The molecular formula is C12H23NO5. The molecule has 0 saturated heterocycles. The third kappa shape index (κ3) is 8.95. The molecule has 1 amide bonds. The molecule has 0 radical (unpaired) electrons. The van der Waals surface area contributed by atoms with E-state index in [0.717, 1.165) is 0 Å². The van der Waals surface area contributed by atoms with E-state index in [9.17, 15) is 9.59 Å². The maximum Gasteiger partial charge on any atom is 0.414 e. The van der Waals surface area contributed by atoms with Gasteiger partial charge in [-0.15, -0.1) is 0 Å². The number of rotatable bonds is 7. The molecule has 0 spiro atoms. The van der Waals surface area contributed by atoms with Crippen molar-refractivity contribution >= 4 is 12.1 Å². The van der Waals surface area contributed by atoms with Crippen molar-refractivity contribution in [1.29, 1.82) is 0 Å². The molecule has 6 nitrogen and oxygen atoms in total. The van der Waals surface area contributed by atoms with Crippen LogP contribution in [-0.4, -0.2) is 45.5 Å². The normalized spacial score (nSPS) is 11.1. The van der Waals surface area contributed by atoms with E-state index in [0.29, 0.717) is 32.8 Å². The fourth-order valence-corrected chi connectivity index (χ4v) is 0.882. The Morgan fingerprint density at radius 2 is 1.78 bits per heavy atom. The molecule has 0 bridgehead atoms. The van der Waals surface area contributed by atoms with Crippen LogP contribution in [0.3, 0.4) is 0 Å². The molecular weight excluding hydrogens is 238 g/mol. The van der Waals surface area contributed by atoms with Crippen molar-refractivity contribution in [3.05, 3.63) is 0 Å². The maximum absolute atomic E-state index is 11.4. The van der Waals surface area contributed by atoms with Gasteiger partial charge in [-0.05, 0) is 27.2 Å². The predicted molar refractivity (Wildman–Crippen MR) is 66.3 cm³/mol. The number of alkyl carbamates (subject to hydrolysis) is 1. The molecule has 0 rings (SSSR count). The van der Waals surface area contributed by atoms with E-state index >= 15 is 0 Å². The fraction of sp³-hybridized carbons (Fsp3) is 0.833. The second-order valence-electron chi connectivity index (χ2n) is 4.81. The van der Waals surface area contributed by atoms with Crippen LogP contribution < -0.4 is 5.32 Å². The van der Waals surface area contributed by atoms with E-state index in [1.807, 2.05) is 0 Å². The SMILES string of the molecule is COCCOCCCNC(=O)OC(=O)C(C)(C)C. The largest absolute Gasteiger partial charge is 0.414 e. The van der Waals surface area contributed by atoms with Crippen molar-refractivity contribution in [2.75, 3.05) is 33.5 Å². The zero-order valence-corrected chi connectivity index (χ0v) is 11.6. The summed E-state index contributed by atoms with van der Waals surface area (Å²) in [5.41, 5.74) is -0.680. The zero-order chi connectivity index (χ0) is 14.0. The molecule has 0 aromatic carbocycles. The molecule has 0 heterocycles. The van der Waals surface area contributed by atoms with Crippen molar-refractivity contribution < 1.29 is 23.8 Å². The van der Waals surface area contributed by atoms with Gasteiger partial charge >= 0.3 is 12.1 Å². The van der Waals surface area contributed by atoms with Gasteiger partial charge in [-0.3, -0.25) is 4.79 Å². The van der Waals surface area contributed by atoms with Gasteiger partial charge in [0.1, 0.15) is 0 Å². The Morgan fingerprint density at radius 1 is 1.11 bits per heavy atom. The Labute approximate surface area is 108 Å². The molecule has 6 heteroatoms. The lowest BCUT2D eigenvalue weighted by molar-refractivity contribution is -0.146. The minimum atomic E-state index is -0.716. The van der Waals surface area contributed by atoms with Crippen molar-refractivity contribution in [3.63, 3.8) is 0 Å². The maximum atomic E-state index is 11.4. The minimum Gasteiger partial charge on any atom is -0.382 e. The molecule has 0 aliphatic carbocycles. The van der Waals surface area contributed by atoms with Gasteiger partial charge < -0.3 is 19.5 Å². The molecule has 106 valence electrons. The van der Waals surface area contributed by atoms with E-state index in [4.69, 9.17) is 9.47 Å². The molecule has 0 fully saturated rings. The van der Waals surface area contributed by atoms with Crippen LogP contribution in [-0.2, 0) is 19.0 Å². The van der Waals surface area contributed by atoms with Crippen molar-refractivity contribution in [3.8, 4) is 0 Å². The third-order valence-corrected chi connectivity index (χ3v) is 1.96. The summed E-state index contributed by atoms with van der Waals surface area (Å²) in [5.74, 6) is -0.545. The Balaban J connectivity index is 3.52. The zero-order valence-electron chi connectivity index (χ0n) is 11.6. The number of hydrogen-bond donors (Lipinski definition) is 1. The van der Waals surface area contributed by atoms with Gasteiger partial charge in [-0.1, -0.05) is 0 Å². The highest BCUT2D eigenvalue weighted by molar-refractivity contribution is 5.87. The average Bonchev–Trinajstić information content (AvgIpc) is 2.26. The van der Waals surface area contributed by atoms with Crippen molar-refractivity contribution in [1.82, 2.24) is 5.32 Å². The predicted octanol–water partition coefficient (Wildman–Crippen LogP) is 1.34. The number of amides is 1. The fourth-order valence-electron chi connectivity index (χ4n) is 0.882. The second kappa shape index (κ2) is 8.88. The number of carbonyl (C=O) groups is 2. The van der Waals surface area contributed by atoms with Crippen molar-refractivity contribution in [2.24, 2.45) is 5.41 Å². The summed E-state index contributed by atoms with van der Waals surface area (Å²) in [6, 6.07) is 0. The summed E-state index contributed by atoms with van der Waals surface area (Å²) >= 11 is 0. The smallest absolute Gasteiger partial charge is 0.382 e. The van der Waals surface area contributed by atoms with Crippen LogP contribution in [0.5, 0.6) is 0 Å². The van der Waals surface area contributed by atoms with Crippen LogP contribution in [0.4, 0.5) is 4.79 Å². The van der Waals surface area contributed by atoms with E-state index in [-0.39, 0.29) is 0 Å². The highest BCUT2D eigenvalue weighted by Crippen LogP contribution is 2.14. The van der Waals surface area contributed by atoms with Crippen LogP contribution in [0, 0.1) is 5.41 Å². The van der Waals surface area contributed by atoms with Gasteiger partial charge in [0.05, 0.1) is 18.6 Å². The first-order valence-electron chi connectivity index (χ1n) is 5.94. The van der Waals surface area contributed by atoms with Crippen molar-refractivity contribution in [2.45, 2.75) is 27.2 Å². The summed E-state index contributed by atoms with van der Waals surface area (Å²) in [6.07, 6.45) is -0.0606. The van der Waals surface area contributed by atoms with Gasteiger partial charge in [0.25, 0.3) is 0 Å². The average molecular weight is 261 g/mol. The first-order chi connectivity index (χ1) is 8.38. The molecule has 18 heavy (non-hydrogen) atoms. The molecule has 1 N–H and O–H groups in total. The topological polar surface area (TPSA) is 73.9 Å². The van der Waals surface area contributed by atoms with Crippen LogP contribution in [0.1, 0.15) is 27.2 Å². The quantitative estimate of drug-likeness (QED) is 0.425. The van der Waals surface area contributed by atoms with E-state index < -0.39 is 17.5 Å². The second-order valence-corrected chi connectivity index (χ2v) is 4.81. The van der Waals surface area contributed by atoms with Crippen LogP contribution in [0.2, 0.25) is 0 Å². The van der Waals surface area contributed by atoms with Gasteiger partial charge in [0.2, 0.25) is 0 Å². The number of ether oxygens (including phenoxy) is 3. The highest BCUT2D eigenvalue weighted by atomic mass is 16.6. The number of hydrogen-bond acceptors (Lipinski definition) is 5. The molecule has 0 aromatic rings. The molecule has 0 aliphatic rings. The summed E-state index contributed by atoms with van der Waals surface area (Å²) < 4.78 is 14.6. The summed E-state index contributed by atoms with van der Waals surface area (Å²) in [6.45, 7) is 7.07.